The van der Waals surface area contributed by atoms with Gasteiger partial charge in [-0.25, -0.2) is 5.43 Å². The second-order valence-electron chi connectivity index (χ2n) is 3.65. The Kier molecular flexibility index (Phi) is 5.58. The summed E-state index contributed by atoms with van der Waals surface area (Å²) >= 11 is 10.8. The number of amides is 1. The van der Waals surface area contributed by atoms with Gasteiger partial charge >= 0.3 is 0 Å². The van der Waals surface area contributed by atoms with Crippen molar-refractivity contribution in [2.75, 3.05) is 6.61 Å². The van der Waals surface area contributed by atoms with Crippen molar-refractivity contribution < 1.29 is 9.53 Å². The van der Waals surface area contributed by atoms with E-state index in [0.717, 1.165) is 8.66 Å². The predicted octanol–water partition coefficient (Wildman–Crippen LogP) is 3.69. The maximum absolute atomic E-state index is 11.5. The molecule has 0 unspecified atom stereocenters. The van der Waals surface area contributed by atoms with Gasteiger partial charge in [-0.2, -0.15) is 5.10 Å². The summed E-state index contributed by atoms with van der Waals surface area (Å²) in [5, 5.41) is 4.31. The van der Waals surface area contributed by atoms with Gasteiger partial charge in [-0.15, -0.1) is 11.3 Å². The molecule has 0 fully saturated rings. The van der Waals surface area contributed by atoms with Gasteiger partial charge < -0.3 is 4.74 Å². The van der Waals surface area contributed by atoms with Crippen LogP contribution in [0.3, 0.4) is 0 Å². The molecule has 1 aromatic carbocycles. The van der Waals surface area contributed by atoms with E-state index < -0.39 is 0 Å². The first kappa shape index (κ1) is 15.0. The molecule has 0 aliphatic rings. The van der Waals surface area contributed by atoms with E-state index in [1.54, 1.807) is 30.5 Å². The molecule has 1 N–H and O–H groups in total. The number of carbonyl (C=O) groups excluding carboxylic acids is 1. The zero-order valence-electron chi connectivity index (χ0n) is 10.2. The zero-order chi connectivity index (χ0) is 14.4. The molecule has 20 heavy (non-hydrogen) atoms. The van der Waals surface area contributed by atoms with E-state index in [1.165, 1.54) is 11.3 Å². The number of hydrogen-bond donors (Lipinski definition) is 1. The highest BCUT2D eigenvalue weighted by molar-refractivity contribution is 9.11. The highest BCUT2D eigenvalue weighted by Crippen LogP contribution is 2.22. The third-order valence-electron chi connectivity index (χ3n) is 2.17. The number of carbonyl (C=O) groups is 1. The maximum atomic E-state index is 11.5. The molecule has 0 saturated heterocycles. The van der Waals surface area contributed by atoms with Gasteiger partial charge in [-0.3, -0.25) is 4.79 Å². The Hall–Kier alpha value is -1.37. The van der Waals surface area contributed by atoms with Gasteiger partial charge in [0, 0.05) is 4.88 Å². The number of hydrogen-bond acceptors (Lipinski definition) is 4. The molecule has 0 spiro atoms. The molecule has 0 radical (unpaired) electrons. The molecule has 2 rings (SSSR count). The van der Waals surface area contributed by atoms with Crippen LogP contribution >= 0.6 is 38.9 Å². The molecular weight excluding hydrogens is 364 g/mol. The van der Waals surface area contributed by atoms with Crippen LogP contribution in [0.2, 0.25) is 5.02 Å². The van der Waals surface area contributed by atoms with E-state index in [0.29, 0.717) is 10.8 Å². The number of benzene rings is 1. The quantitative estimate of drug-likeness (QED) is 0.642. The fraction of sp³-hybridized carbons (Fsp3) is 0.0769. The van der Waals surface area contributed by atoms with Crippen molar-refractivity contribution in [3.63, 3.8) is 0 Å². The second-order valence-corrected chi connectivity index (χ2v) is 6.56. The first-order chi connectivity index (χ1) is 9.65. The normalized spacial score (nSPS) is 10.7. The van der Waals surface area contributed by atoms with Crippen LogP contribution in [-0.2, 0) is 4.79 Å². The lowest BCUT2D eigenvalue weighted by Gasteiger charge is -2.06. The van der Waals surface area contributed by atoms with Crippen LogP contribution < -0.4 is 10.2 Å². The number of thiophene rings is 1. The molecule has 0 saturated carbocycles. The van der Waals surface area contributed by atoms with E-state index in [2.05, 4.69) is 26.5 Å². The summed E-state index contributed by atoms with van der Waals surface area (Å²) in [6.07, 6.45) is 1.57. The first-order valence-corrected chi connectivity index (χ1v) is 7.58. The highest BCUT2D eigenvalue weighted by Gasteiger charge is 2.04. The minimum absolute atomic E-state index is 0.144. The summed E-state index contributed by atoms with van der Waals surface area (Å²) in [6.45, 7) is -0.144. The molecule has 7 heteroatoms. The van der Waals surface area contributed by atoms with Crippen LogP contribution in [0.5, 0.6) is 5.75 Å². The highest BCUT2D eigenvalue weighted by atomic mass is 79.9. The Balaban J connectivity index is 1.78. The Labute approximate surface area is 133 Å². The molecule has 4 nitrogen and oxygen atoms in total. The molecule has 104 valence electrons. The number of hydrazone groups is 1. The summed E-state index contributed by atoms with van der Waals surface area (Å²) in [5.41, 5.74) is 2.38. The lowest BCUT2D eigenvalue weighted by atomic mass is 10.3. The smallest absolute Gasteiger partial charge is 0.277 e. The first-order valence-electron chi connectivity index (χ1n) is 5.60. The van der Waals surface area contributed by atoms with E-state index in [-0.39, 0.29) is 12.5 Å². The summed E-state index contributed by atoms with van der Waals surface area (Å²) in [4.78, 5) is 12.5. The number of nitrogens with zero attached hydrogens (tertiary/aromatic N) is 1. The molecule has 1 heterocycles. The number of para-hydroxylation sites is 1. The van der Waals surface area contributed by atoms with Gasteiger partial charge in [-0.05, 0) is 40.2 Å². The van der Waals surface area contributed by atoms with Crippen LogP contribution in [0, 0.1) is 0 Å². The van der Waals surface area contributed by atoms with Gasteiger partial charge in [0.15, 0.2) is 6.61 Å². The Morgan fingerprint density at radius 1 is 1.40 bits per heavy atom. The average Bonchev–Trinajstić information content (AvgIpc) is 2.83. The van der Waals surface area contributed by atoms with E-state index in [9.17, 15) is 4.79 Å². The maximum Gasteiger partial charge on any atom is 0.277 e. The van der Waals surface area contributed by atoms with Crippen LogP contribution in [0.4, 0.5) is 0 Å². The lowest BCUT2D eigenvalue weighted by molar-refractivity contribution is -0.123. The van der Waals surface area contributed by atoms with Crippen LogP contribution in [0.15, 0.2) is 45.3 Å². The molecule has 0 aliphatic heterocycles. The van der Waals surface area contributed by atoms with Gasteiger partial charge in [0.2, 0.25) is 0 Å². The Bertz CT molecular complexity index is 630. The Morgan fingerprint density at radius 3 is 2.90 bits per heavy atom. The summed E-state index contributed by atoms with van der Waals surface area (Å²) < 4.78 is 6.29. The third-order valence-corrected chi connectivity index (χ3v) is 4.04. The van der Waals surface area contributed by atoms with Gasteiger partial charge in [0.1, 0.15) is 5.75 Å². The van der Waals surface area contributed by atoms with Crippen LogP contribution in [0.1, 0.15) is 4.88 Å². The standard InChI is InChI=1S/C13H10BrClN2O2S/c14-12-6-5-9(20-12)7-16-17-13(18)8-19-11-4-2-1-3-10(11)15/h1-7H,8H2,(H,17,18)/b16-7+. The van der Waals surface area contributed by atoms with E-state index in [4.69, 9.17) is 16.3 Å². The molecule has 1 amide bonds. The monoisotopic (exact) mass is 372 g/mol. The average molecular weight is 374 g/mol. The molecule has 2 aromatic rings. The van der Waals surface area contributed by atoms with Crippen LogP contribution in [0.25, 0.3) is 0 Å². The van der Waals surface area contributed by atoms with Crippen molar-refractivity contribution in [2.24, 2.45) is 5.10 Å². The minimum Gasteiger partial charge on any atom is -0.482 e. The summed E-state index contributed by atoms with van der Waals surface area (Å²) in [6, 6.07) is 10.8. The van der Waals surface area contributed by atoms with Crippen LogP contribution in [-0.4, -0.2) is 18.7 Å². The fourth-order valence-corrected chi connectivity index (χ4v) is 2.79. The van der Waals surface area contributed by atoms with Crippen molar-refractivity contribution in [3.8, 4) is 5.75 Å². The van der Waals surface area contributed by atoms with Gasteiger partial charge in [0.05, 0.1) is 15.0 Å². The lowest BCUT2D eigenvalue weighted by Crippen LogP contribution is -2.24. The summed E-state index contributed by atoms with van der Waals surface area (Å²) in [5.74, 6) is 0.118. The zero-order valence-corrected chi connectivity index (χ0v) is 13.3. The van der Waals surface area contributed by atoms with E-state index >= 15 is 0 Å². The number of ether oxygens (including phenoxy) is 1. The van der Waals surface area contributed by atoms with Crippen molar-refractivity contribution in [3.05, 3.63) is 50.1 Å². The second kappa shape index (κ2) is 7.42. The van der Waals surface area contributed by atoms with Crippen molar-refractivity contribution >= 4 is 51.0 Å². The number of nitrogens with one attached hydrogen (secondary N) is 1. The number of halogens is 2. The third kappa shape index (κ3) is 4.63. The minimum atomic E-state index is -0.350. The van der Waals surface area contributed by atoms with E-state index in [1.807, 2.05) is 12.1 Å². The molecule has 0 atom stereocenters. The SMILES string of the molecule is O=C(COc1ccccc1Cl)N/N=C/c1ccc(Br)s1. The number of rotatable bonds is 5. The summed E-state index contributed by atoms with van der Waals surface area (Å²) in [7, 11) is 0. The van der Waals surface area contributed by atoms with Gasteiger partial charge in [0.25, 0.3) is 5.91 Å². The Morgan fingerprint density at radius 2 is 2.20 bits per heavy atom. The molecule has 0 bridgehead atoms. The fourth-order valence-electron chi connectivity index (χ4n) is 1.30. The van der Waals surface area contributed by atoms with Crippen molar-refractivity contribution in [2.45, 2.75) is 0 Å². The molecular formula is C13H10BrClN2O2S. The predicted molar refractivity (Wildman–Crippen MR) is 84.7 cm³/mol. The van der Waals surface area contributed by atoms with Crippen molar-refractivity contribution in [1.29, 1.82) is 0 Å². The largest absolute Gasteiger partial charge is 0.482 e. The van der Waals surface area contributed by atoms with Crippen molar-refractivity contribution in [1.82, 2.24) is 5.43 Å². The molecule has 0 aliphatic carbocycles. The topological polar surface area (TPSA) is 50.7 Å². The molecule has 1 aromatic heterocycles. The van der Waals surface area contributed by atoms with Gasteiger partial charge in [-0.1, -0.05) is 23.7 Å².